The van der Waals surface area contributed by atoms with Crippen molar-refractivity contribution in [2.24, 2.45) is 0 Å². The van der Waals surface area contributed by atoms with Crippen molar-refractivity contribution in [2.45, 2.75) is 26.3 Å². The zero-order chi connectivity index (χ0) is 15.1. The molecule has 0 saturated carbocycles. The summed E-state index contributed by atoms with van der Waals surface area (Å²) >= 11 is 3.60. The molecular formula is C16H25BrN2O2. The van der Waals surface area contributed by atoms with Crippen molar-refractivity contribution >= 4 is 15.9 Å². The Balaban J connectivity index is 1.96. The first-order valence-electron chi connectivity index (χ1n) is 7.67. The normalized spacial score (nSPS) is 15.4. The molecule has 4 nitrogen and oxygen atoms in total. The Kier molecular flexibility index (Phi) is 6.80. The van der Waals surface area contributed by atoms with Crippen molar-refractivity contribution in [2.75, 3.05) is 39.9 Å². The van der Waals surface area contributed by atoms with Gasteiger partial charge in [-0.15, -0.1) is 0 Å². The summed E-state index contributed by atoms with van der Waals surface area (Å²) in [5.41, 5.74) is 1.19. The monoisotopic (exact) mass is 356 g/mol. The third kappa shape index (κ3) is 4.87. The van der Waals surface area contributed by atoms with Crippen LogP contribution in [0.3, 0.4) is 0 Å². The molecule has 0 bridgehead atoms. The molecule has 0 atom stereocenters. The zero-order valence-electron chi connectivity index (χ0n) is 13.0. The fraction of sp³-hybridized carbons (Fsp3) is 0.625. The number of rotatable bonds is 8. The molecule has 2 rings (SSSR count). The number of methoxy groups -OCH3 is 1. The largest absolute Gasteiger partial charge is 0.493 e. The van der Waals surface area contributed by atoms with Crippen molar-refractivity contribution in [3.8, 4) is 11.5 Å². The van der Waals surface area contributed by atoms with E-state index in [0.717, 1.165) is 35.6 Å². The quantitative estimate of drug-likeness (QED) is 0.776. The van der Waals surface area contributed by atoms with E-state index in [9.17, 15) is 0 Å². The Morgan fingerprint density at radius 1 is 1.29 bits per heavy atom. The first-order valence-corrected chi connectivity index (χ1v) is 8.46. The topological polar surface area (TPSA) is 33.7 Å². The van der Waals surface area contributed by atoms with Crippen LogP contribution in [0.15, 0.2) is 16.6 Å². The van der Waals surface area contributed by atoms with E-state index in [1.54, 1.807) is 7.11 Å². The minimum absolute atomic E-state index is 0.696. The van der Waals surface area contributed by atoms with Crippen molar-refractivity contribution in [3.05, 3.63) is 22.2 Å². The maximum atomic E-state index is 5.95. The van der Waals surface area contributed by atoms with Crippen LogP contribution in [0.4, 0.5) is 0 Å². The summed E-state index contributed by atoms with van der Waals surface area (Å²) < 4.78 is 12.4. The second-order valence-electron chi connectivity index (χ2n) is 5.29. The van der Waals surface area contributed by atoms with Crippen LogP contribution in [0.5, 0.6) is 11.5 Å². The molecule has 1 fully saturated rings. The molecule has 1 aliphatic rings. The van der Waals surface area contributed by atoms with Gasteiger partial charge in [0.05, 0.1) is 11.6 Å². The molecule has 0 spiro atoms. The van der Waals surface area contributed by atoms with Crippen LogP contribution in [-0.4, -0.2) is 44.8 Å². The van der Waals surface area contributed by atoms with Crippen LogP contribution < -0.4 is 14.8 Å². The van der Waals surface area contributed by atoms with Crippen LogP contribution >= 0.6 is 15.9 Å². The van der Waals surface area contributed by atoms with Crippen molar-refractivity contribution in [3.63, 3.8) is 0 Å². The van der Waals surface area contributed by atoms with Crippen molar-refractivity contribution < 1.29 is 9.47 Å². The molecule has 1 aliphatic heterocycles. The van der Waals surface area contributed by atoms with Gasteiger partial charge in [0.1, 0.15) is 6.61 Å². The molecule has 1 N–H and O–H groups in total. The van der Waals surface area contributed by atoms with Crippen LogP contribution in [-0.2, 0) is 6.54 Å². The van der Waals surface area contributed by atoms with Gasteiger partial charge in [-0.2, -0.15) is 0 Å². The minimum atomic E-state index is 0.696. The standard InChI is InChI=1S/C16H25BrN2O2/c1-3-18-12-13-10-14(17)16(15(11-13)20-2)21-9-8-19-6-4-5-7-19/h10-11,18H,3-9,12H2,1-2H3. The van der Waals surface area contributed by atoms with E-state index in [0.29, 0.717) is 6.61 Å². The van der Waals surface area contributed by atoms with Gasteiger partial charge in [-0.3, -0.25) is 4.90 Å². The second kappa shape index (κ2) is 8.61. The Labute approximate surface area is 135 Å². The molecular weight excluding hydrogens is 332 g/mol. The minimum Gasteiger partial charge on any atom is -0.493 e. The lowest BCUT2D eigenvalue weighted by atomic mass is 10.2. The second-order valence-corrected chi connectivity index (χ2v) is 6.14. The Morgan fingerprint density at radius 2 is 2.05 bits per heavy atom. The first-order chi connectivity index (χ1) is 10.2. The highest BCUT2D eigenvalue weighted by Gasteiger charge is 2.14. The van der Waals surface area contributed by atoms with Gasteiger partial charge in [0.2, 0.25) is 0 Å². The average Bonchev–Trinajstić information content (AvgIpc) is 3.00. The molecule has 1 aromatic rings. The van der Waals surface area contributed by atoms with E-state index in [-0.39, 0.29) is 0 Å². The van der Waals surface area contributed by atoms with Crippen LogP contribution in [0.1, 0.15) is 25.3 Å². The highest BCUT2D eigenvalue weighted by molar-refractivity contribution is 9.10. The van der Waals surface area contributed by atoms with E-state index >= 15 is 0 Å². The van der Waals surface area contributed by atoms with Gasteiger partial charge in [-0.1, -0.05) is 6.92 Å². The van der Waals surface area contributed by atoms with Crippen molar-refractivity contribution in [1.82, 2.24) is 10.2 Å². The summed E-state index contributed by atoms with van der Waals surface area (Å²) in [4.78, 5) is 2.44. The van der Waals surface area contributed by atoms with Gasteiger partial charge in [0.15, 0.2) is 11.5 Å². The summed E-state index contributed by atoms with van der Waals surface area (Å²) in [6.07, 6.45) is 2.62. The van der Waals surface area contributed by atoms with Gasteiger partial charge in [-0.05, 0) is 66.1 Å². The number of hydrogen-bond donors (Lipinski definition) is 1. The van der Waals surface area contributed by atoms with E-state index in [1.165, 1.54) is 31.5 Å². The maximum absolute atomic E-state index is 5.95. The lowest BCUT2D eigenvalue weighted by molar-refractivity contribution is 0.229. The Hall–Kier alpha value is -0.780. The fourth-order valence-corrected chi connectivity index (χ4v) is 3.17. The molecule has 0 radical (unpaired) electrons. The Morgan fingerprint density at radius 3 is 2.71 bits per heavy atom. The van der Waals surface area contributed by atoms with Gasteiger partial charge >= 0.3 is 0 Å². The van der Waals surface area contributed by atoms with Gasteiger partial charge < -0.3 is 14.8 Å². The SMILES string of the molecule is CCNCc1cc(Br)c(OCCN2CCCC2)c(OC)c1. The third-order valence-corrected chi connectivity index (χ3v) is 4.31. The predicted octanol–water partition coefficient (Wildman–Crippen LogP) is 3.04. The average molecular weight is 357 g/mol. The number of hydrogen-bond acceptors (Lipinski definition) is 4. The molecule has 0 aliphatic carbocycles. The predicted molar refractivity (Wildman–Crippen MR) is 89.2 cm³/mol. The summed E-state index contributed by atoms with van der Waals surface area (Å²) in [5.74, 6) is 1.59. The summed E-state index contributed by atoms with van der Waals surface area (Å²) in [5, 5.41) is 3.32. The molecule has 0 amide bonds. The Bertz CT molecular complexity index is 448. The van der Waals surface area contributed by atoms with Crippen molar-refractivity contribution in [1.29, 1.82) is 0 Å². The zero-order valence-corrected chi connectivity index (χ0v) is 14.5. The number of benzene rings is 1. The molecule has 1 saturated heterocycles. The number of halogens is 1. The lowest BCUT2D eigenvalue weighted by Gasteiger charge is -2.18. The van der Waals surface area contributed by atoms with Gasteiger partial charge in [0.25, 0.3) is 0 Å². The number of nitrogens with one attached hydrogen (secondary N) is 1. The van der Waals surface area contributed by atoms with Gasteiger partial charge in [-0.25, -0.2) is 0 Å². The molecule has 118 valence electrons. The molecule has 0 unspecified atom stereocenters. The van der Waals surface area contributed by atoms with Crippen LogP contribution in [0, 0.1) is 0 Å². The van der Waals surface area contributed by atoms with E-state index in [1.807, 2.05) is 6.07 Å². The van der Waals surface area contributed by atoms with E-state index < -0.39 is 0 Å². The molecule has 21 heavy (non-hydrogen) atoms. The summed E-state index contributed by atoms with van der Waals surface area (Å²) in [6, 6.07) is 4.13. The van der Waals surface area contributed by atoms with E-state index in [4.69, 9.17) is 9.47 Å². The summed E-state index contributed by atoms with van der Waals surface area (Å²) in [7, 11) is 1.69. The third-order valence-electron chi connectivity index (χ3n) is 3.72. The van der Waals surface area contributed by atoms with Gasteiger partial charge in [0, 0.05) is 13.1 Å². The van der Waals surface area contributed by atoms with E-state index in [2.05, 4.69) is 39.1 Å². The molecule has 1 aromatic carbocycles. The lowest BCUT2D eigenvalue weighted by Crippen LogP contribution is -2.25. The molecule has 0 aromatic heterocycles. The molecule has 5 heteroatoms. The van der Waals surface area contributed by atoms with Crippen LogP contribution in [0.25, 0.3) is 0 Å². The van der Waals surface area contributed by atoms with Crippen LogP contribution in [0.2, 0.25) is 0 Å². The fourth-order valence-electron chi connectivity index (χ4n) is 2.57. The number of ether oxygens (including phenoxy) is 2. The highest BCUT2D eigenvalue weighted by Crippen LogP contribution is 2.36. The maximum Gasteiger partial charge on any atom is 0.175 e. The number of likely N-dealkylation sites (tertiary alicyclic amines) is 1. The highest BCUT2D eigenvalue weighted by atomic mass is 79.9. The smallest absolute Gasteiger partial charge is 0.175 e. The summed E-state index contributed by atoms with van der Waals surface area (Å²) in [6.45, 7) is 7.96. The molecule has 1 heterocycles. The number of nitrogens with zero attached hydrogens (tertiary/aromatic N) is 1. The first kappa shape index (κ1) is 16.6.